The van der Waals surface area contributed by atoms with Crippen LogP contribution in [0, 0.1) is 5.82 Å². The van der Waals surface area contributed by atoms with Gasteiger partial charge in [0.2, 0.25) is 0 Å². The molecular formula is C15H13BrCl2FN. The van der Waals surface area contributed by atoms with Gasteiger partial charge in [0, 0.05) is 15.5 Å². The van der Waals surface area contributed by atoms with Crippen LogP contribution in [0.25, 0.3) is 0 Å². The molecule has 5 heteroatoms. The lowest BCUT2D eigenvalue weighted by molar-refractivity contribution is 0.553. The van der Waals surface area contributed by atoms with Crippen molar-refractivity contribution < 1.29 is 4.39 Å². The Labute approximate surface area is 136 Å². The third kappa shape index (κ3) is 3.53. The SMILES string of the molecule is CNC(Cc1cccc(Cl)c1F)c1ccc(Cl)cc1Br. The smallest absolute Gasteiger partial charge is 0.145 e. The summed E-state index contributed by atoms with van der Waals surface area (Å²) < 4.78 is 14.9. The number of hydrogen-bond acceptors (Lipinski definition) is 1. The van der Waals surface area contributed by atoms with Crippen LogP contribution >= 0.6 is 39.1 Å². The van der Waals surface area contributed by atoms with Gasteiger partial charge in [-0.25, -0.2) is 4.39 Å². The molecule has 0 bridgehead atoms. The average molecular weight is 377 g/mol. The van der Waals surface area contributed by atoms with E-state index in [4.69, 9.17) is 23.2 Å². The monoisotopic (exact) mass is 375 g/mol. The summed E-state index contributed by atoms with van der Waals surface area (Å²) in [5.41, 5.74) is 1.61. The quantitative estimate of drug-likeness (QED) is 0.753. The Morgan fingerprint density at radius 1 is 1.25 bits per heavy atom. The molecule has 0 spiro atoms. The number of nitrogens with one attached hydrogen (secondary N) is 1. The molecule has 0 aliphatic carbocycles. The van der Waals surface area contributed by atoms with Gasteiger partial charge in [-0.15, -0.1) is 0 Å². The van der Waals surface area contributed by atoms with Gasteiger partial charge < -0.3 is 5.32 Å². The summed E-state index contributed by atoms with van der Waals surface area (Å²) in [5.74, 6) is -0.362. The highest BCUT2D eigenvalue weighted by Crippen LogP contribution is 2.30. The largest absolute Gasteiger partial charge is 0.313 e. The number of halogens is 4. The molecule has 0 fully saturated rings. The van der Waals surface area contributed by atoms with Crippen molar-refractivity contribution in [1.29, 1.82) is 0 Å². The minimum atomic E-state index is -0.362. The van der Waals surface area contributed by atoms with Gasteiger partial charge in [0.1, 0.15) is 5.82 Å². The van der Waals surface area contributed by atoms with Crippen LogP contribution in [-0.2, 0) is 6.42 Å². The normalized spacial score (nSPS) is 12.4. The number of hydrogen-bond donors (Lipinski definition) is 1. The van der Waals surface area contributed by atoms with Gasteiger partial charge in [-0.05, 0) is 42.8 Å². The molecule has 1 nitrogen and oxygen atoms in total. The molecule has 1 N–H and O–H groups in total. The topological polar surface area (TPSA) is 12.0 Å². The Kier molecular flexibility index (Phi) is 5.44. The third-order valence-corrected chi connectivity index (χ3v) is 4.36. The molecule has 0 aromatic heterocycles. The maximum absolute atomic E-state index is 14.0. The summed E-state index contributed by atoms with van der Waals surface area (Å²) in [5, 5.41) is 3.99. The van der Waals surface area contributed by atoms with E-state index in [2.05, 4.69) is 21.2 Å². The molecule has 1 atom stereocenters. The number of likely N-dealkylation sites (N-methyl/N-ethyl adjacent to an activating group) is 1. The van der Waals surface area contributed by atoms with Crippen LogP contribution in [0.2, 0.25) is 10.0 Å². The first-order chi connectivity index (χ1) is 9.52. The van der Waals surface area contributed by atoms with Crippen LogP contribution in [0.5, 0.6) is 0 Å². The Morgan fingerprint density at radius 2 is 2.00 bits per heavy atom. The molecule has 0 amide bonds. The van der Waals surface area contributed by atoms with E-state index in [9.17, 15) is 4.39 Å². The van der Waals surface area contributed by atoms with Crippen molar-refractivity contribution >= 4 is 39.1 Å². The fraction of sp³-hybridized carbons (Fsp3) is 0.200. The van der Waals surface area contributed by atoms with Gasteiger partial charge >= 0.3 is 0 Å². The molecule has 0 aliphatic rings. The van der Waals surface area contributed by atoms with E-state index in [1.165, 1.54) is 0 Å². The van der Waals surface area contributed by atoms with Crippen molar-refractivity contribution in [2.45, 2.75) is 12.5 Å². The van der Waals surface area contributed by atoms with Crippen LogP contribution in [-0.4, -0.2) is 7.05 Å². The Hall–Kier alpha value is -0.610. The van der Waals surface area contributed by atoms with Crippen molar-refractivity contribution in [2.24, 2.45) is 0 Å². The summed E-state index contributed by atoms with van der Waals surface area (Å²) in [4.78, 5) is 0. The van der Waals surface area contributed by atoms with E-state index in [0.717, 1.165) is 10.0 Å². The highest BCUT2D eigenvalue weighted by atomic mass is 79.9. The van der Waals surface area contributed by atoms with Gasteiger partial charge in [0.05, 0.1) is 5.02 Å². The Morgan fingerprint density at radius 3 is 2.65 bits per heavy atom. The molecule has 0 radical (unpaired) electrons. The van der Waals surface area contributed by atoms with Crippen LogP contribution in [0.4, 0.5) is 4.39 Å². The van der Waals surface area contributed by atoms with Gasteiger partial charge in [-0.1, -0.05) is 57.3 Å². The van der Waals surface area contributed by atoms with Crippen molar-refractivity contribution in [3.63, 3.8) is 0 Å². The van der Waals surface area contributed by atoms with Crippen LogP contribution in [0.15, 0.2) is 40.9 Å². The zero-order valence-electron chi connectivity index (χ0n) is 10.8. The Bertz CT molecular complexity index is 619. The lowest BCUT2D eigenvalue weighted by Gasteiger charge is -2.19. The summed E-state index contributed by atoms with van der Waals surface area (Å²) in [6, 6.07) is 10.6. The first-order valence-corrected chi connectivity index (χ1v) is 7.63. The van der Waals surface area contributed by atoms with Crippen molar-refractivity contribution in [1.82, 2.24) is 5.32 Å². The van der Waals surface area contributed by atoms with E-state index < -0.39 is 0 Å². The summed E-state index contributed by atoms with van der Waals surface area (Å²) in [6.07, 6.45) is 0.503. The molecule has 2 aromatic rings. The fourth-order valence-corrected chi connectivity index (χ4v) is 3.23. The molecule has 0 saturated carbocycles. The first kappa shape index (κ1) is 15.8. The van der Waals surface area contributed by atoms with Gasteiger partial charge in [-0.3, -0.25) is 0 Å². The van der Waals surface area contributed by atoms with Crippen molar-refractivity contribution in [3.05, 3.63) is 67.9 Å². The first-order valence-electron chi connectivity index (χ1n) is 6.08. The summed E-state index contributed by atoms with van der Waals surface area (Å²) >= 11 is 15.3. The molecule has 106 valence electrons. The number of rotatable bonds is 4. The fourth-order valence-electron chi connectivity index (χ4n) is 2.08. The van der Waals surface area contributed by atoms with E-state index in [-0.39, 0.29) is 16.9 Å². The highest BCUT2D eigenvalue weighted by molar-refractivity contribution is 9.10. The molecule has 0 aliphatic heterocycles. The van der Waals surface area contributed by atoms with E-state index in [1.807, 2.05) is 25.2 Å². The predicted molar refractivity (Wildman–Crippen MR) is 86.1 cm³/mol. The second kappa shape index (κ2) is 6.90. The maximum atomic E-state index is 14.0. The van der Waals surface area contributed by atoms with E-state index >= 15 is 0 Å². The molecule has 1 unspecified atom stereocenters. The lowest BCUT2D eigenvalue weighted by atomic mass is 9.98. The minimum Gasteiger partial charge on any atom is -0.313 e. The van der Waals surface area contributed by atoms with E-state index in [1.54, 1.807) is 18.2 Å². The highest BCUT2D eigenvalue weighted by Gasteiger charge is 2.16. The molecule has 2 aromatic carbocycles. The summed E-state index contributed by atoms with van der Waals surface area (Å²) in [7, 11) is 1.84. The van der Waals surface area contributed by atoms with Gasteiger partial charge in [0.15, 0.2) is 0 Å². The van der Waals surface area contributed by atoms with Crippen LogP contribution < -0.4 is 5.32 Å². The molecule has 0 heterocycles. The maximum Gasteiger partial charge on any atom is 0.145 e. The van der Waals surface area contributed by atoms with Crippen molar-refractivity contribution in [3.8, 4) is 0 Å². The van der Waals surface area contributed by atoms with Crippen molar-refractivity contribution in [2.75, 3.05) is 7.05 Å². The standard InChI is InChI=1S/C15H13BrCl2FN/c1-20-14(11-6-5-10(17)8-12(11)16)7-9-3-2-4-13(18)15(9)19/h2-6,8,14,20H,7H2,1H3. The number of benzene rings is 2. The molecule has 0 saturated heterocycles. The molecule has 2 rings (SSSR count). The zero-order chi connectivity index (χ0) is 14.7. The van der Waals surface area contributed by atoms with Crippen LogP contribution in [0.3, 0.4) is 0 Å². The minimum absolute atomic E-state index is 0.0328. The second-order valence-electron chi connectivity index (χ2n) is 4.42. The Balaban J connectivity index is 2.31. The predicted octanol–water partition coefficient (Wildman–Crippen LogP) is 5.40. The average Bonchev–Trinajstić information content (AvgIpc) is 2.41. The zero-order valence-corrected chi connectivity index (χ0v) is 13.9. The van der Waals surface area contributed by atoms with Crippen LogP contribution in [0.1, 0.15) is 17.2 Å². The van der Waals surface area contributed by atoms with Gasteiger partial charge in [0.25, 0.3) is 0 Å². The third-order valence-electron chi connectivity index (χ3n) is 3.14. The summed E-state index contributed by atoms with van der Waals surface area (Å²) in [6.45, 7) is 0. The lowest BCUT2D eigenvalue weighted by Crippen LogP contribution is -2.20. The van der Waals surface area contributed by atoms with Gasteiger partial charge in [-0.2, -0.15) is 0 Å². The second-order valence-corrected chi connectivity index (χ2v) is 6.12. The molecule has 20 heavy (non-hydrogen) atoms. The molecular weight excluding hydrogens is 364 g/mol. The van der Waals surface area contributed by atoms with E-state index in [0.29, 0.717) is 17.0 Å².